The van der Waals surface area contributed by atoms with Gasteiger partial charge in [0.1, 0.15) is 0 Å². The quantitative estimate of drug-likeness (QED) is 0.874. The number of nitrogens with zero attached hydrogens (tertiary/aromatic N) is 1. The van der Waals surface area contributed by atoms with Crippen molar-refractivity contribution in [1.29, 1.82) is 0 Å². The third-order valence-corrected chi connectivity index (χ3v) is 2.67. The molecule has 0 bridgehead atoms. The first-order chi connectivity index (χ1) is 7.75. The van der Waals surface area contributed by atoms with E-state index >= 15 is 0 Å². The lowest BCUT2D eigenvalue weighted by atomic mass is 10.2. The van der Waals surface area contributed by atoms with Gasteiger partial charge in [-0.1, -0.05) is 17.7 Å². The Morgan fingerprint density at radius 1 is 1.19 bits per heavy atom. The van der Waals surface area contributed by atoms with Gasteiger partial charge in [-0.05, 0) is 42.3 Å². The van der Waals surface area contributed by atoms with Crippen molar-refractivity contribution in [2.75, 3.05) is 5.32 Å². The molecule has 0 fully saturated rings. The second-order valence-corrected chi connectivity index (χ2v) is 4.10. The summed E-state index contributed by atoms with van der Waals surface area (Å²) >= 11 is 6.12. The second-order valence-electron chi connectivity index (χ2n) is 3.69. The number of aromatic nitrogens is 1. The van der Waals surface area contributed by atoms with E-state index < -0.39 is 0 Å². The number of hydrogen-bond acceptors (Lipinski definition) is 2. The standard InChI is InChI=1S/C13H13ClN2/c1-10-2-3-13(12(14)8-10)16-9-11-4-6-15-7-5-11/h2-8,16H,9H2,1H3. The highest BCUT2D eigenvalue weighted by Gasteiger charge is 1.99. The van der Waals surface area contributed by atoms with Gasteiger partial charge < -0.3 is 5.32 Å². The summed E-state index contributed by atoms with van der Waals surface area (Å²) in [4.78, 5) is 3.98. The fraction of sp³-hybridized carbons (Fsp3) is 0.154. The smallest absolute Gasteiger partial charge is 0.0640 e. The zero-order valence-electron chi connectivity index (χ0n) is 9.07. The van der Waals surface area contributed by atoms with E-state index in [1.807, 2.05) is 37.3 Å². The Labute approximate surface area is 100 Å². The number of hydrogen-bond donors (Lipinski definition) is 1. The van der Waals surface area contributed by atoms with Crippen LogP contribution in [0.25, 0.3) is 0 Å². The van der Waals surface area contributed by atoms with Crippen molar-refractivity contribution >= 4 is 17.3 Å². The fourth-order valence-electron chi connectivity index (χ4n) is 1.46. The Kier molecular flexibility index (Phi) is 3.42. The normalized spacial score (nSPS) is 10.1. The lowest BCUT2D eigenvalue weighted by Gasteiger charge is -2.08. The largest absolute Gasteiger partial charge is 0.380 e. The number of halogens is 1. The van der Waals surface area contributed by atoms with Gasteiger partial charge in [-0.25, -0.2) is 0 Å². The van der Waals surface area contributed by atoms with Crippen molar-refractivity contribution in [2.24, 2.45) is 0 Å². The first-order valence-corrected chi connectivity index (χ1v) is 5.52. The minimum atomic E-state index is 0.755. The summed E-state index contributed by atoms with van der Waals surface area (Å²) in [6.45, 7) is 2.78. The maximum Gasteiger partial charge on any atom is 0.0640 e. The van der Waals surface area contributed by atoms with Crippen LogP contribution < -0.4 is 5.32 Å². The molecule has 0 radical (unpaired) electrons. The topological polar surface area (TPSA) is 24.9 Å². The van der Waals surface area contributed by atoms with Crippen LogP contribution in [0.2, 0.25) is 5.02 Å². The van der Waals surface area contributed by atoms with E-state index in [2.05, 4.69) is 10.3 Å². The molecule has 0 atom stereocenters. The van der Waals surface area contributed by atoms with Crippen molar-refractivity contribution in [3.05, 3.63) is 58.9 Å². The summed E-state index contributed by atoms with van der Waals surface area (Å²) in [5.74, 6) is 0. The molecule has 0 amide bonds. The van der Waals surface area contributed by atoms with Crippen molar-refractivity contribution < 1.29 is 0 Å². The zero-order valence-corrected chi connectivity index (χ0v) is 9.83. The minimum absolute atomic E-state index is 0.755. The SMILES string of the molecule is Cc1ccc(NCc2ccncc2)c(Cl)c1. The summed E-state index contributed by atoms with van der Waals surface area (Å²) in [6.07, 6.45) is 3.57. The van der Waals surface area contributed by atoms with Crippen molar-refractivity contribution in [1.82, 2.24) is 4.98 Å². The summed E-state index contributed by atoms with van der Waals surface area (Å²) in [5, 5.41) is 4.06. The first-order valence-electron chi connectivity index (χ1n) is 5.14. The lowest BCUT2D eigenvalue weighted by molar-refractivity contribution is 1.13. The van der Waals surface area contributed by atoms with Crippen molar-refractivity contribution in [3.63, 3.8) is 0 Å². The van der Waals surface area contributed by atoms with Crippen LogP contribution in [-0.4, -0.2) is 4.98 Å². The third-order valence-electron chi connectivity index (χ3n) is 2.36. The molecule has 0 saturated carbocycles. The molecule has 1 aromatic heterocycles. The number of anilines is 1. The Morgan fingerprint density at radius 2 is 1.94 bits per heavy atom. The number of benzene rings is 1. The third kappa shape index (κ3) is 2.74. The Balaban J connectivity index is 2.05. The molecule has 3 heteroatoms. The lowest BCUT2D eigenvalue weighted by Crippen LogP contribution is -1.99. The van der Waals surface area contributed by atoms with Gasteiger partial charge in [0.05, 0.1) is 10.7 Å². The van der Waals surface area contributed by atoms with Gasteiger partial charge in [-0.2, -0.15) is 0 Å². The van der Waals surface area contributed by atoms with E-state index in [1.165, 1.54) is 11.1 Å². The van der Waals surface area contributed by atoms with Crippen LogP contribution in [0.1, 0.15) is 11.1 Å². The Bertz CT molecular complexity index is 469. The molecule has 0 aliphatic carbocycles. The molecule has 2 rings (SSSR count). The van der Waals surface area contributed by atoms with Crippen LogP contribution in [0.5, 0.6) is 0 Å². The van der Waals surface area contributed by atoms with E-state index in [4.69, 9.17) is 11.6 Å². The maximum atomic E-state index is 6.12. The van der Waals surface area contributed by atoms with Gasteiger partial charge in [0, 0.05) is 18.9 Å². The van der Waals surface area contributed by atoms with Crippen molar-refractivity contribution in [3.8, 4) is 0 Å². The monoisotopic (exact) mass is 232 g/mol. The molecular formula is C13H13ClN2. The van der Waals surface area contributed by atoms with Gasteiger partial charge in [0.15, 0.2) is 0 Å². The molecule has 0 aliphatic heterocycles. The summed E-state index contributed by atoms with van der Waals surface area (Å²) in [5.41, 5.74) is 3.31. The molecule has 1 aromatic carbocycles. The molecule has 82 valence electrons. The van der Waals surface area contributed by atoms with E-state index in [9.17, 15) is 0 Å². The average Bonchev–Trinajstić information content (AvgIpc) is 2.29. The number of rotatable bonds is 3. The fourth-order valence-corrected chi connectivity index (χ4v) is 1.76. The van der Waals surface area contributed by atoms with Gasteiger partial charge in [0.25, 0.3) is 0 Å². The molecule has 0 unspecified atom stereocenters. The van der Waals surface area contributed by atoms with Crippen LogP contribution in [0.15, 0.2) is 42.7 Å². The van der Waals surface area contributed by atoms with E-state index in [0.717, 1.165) is 17.3 Å². The second kappa shape index (κ2) is 4.99. The average molecular weight is 233 g/mol. The molecule has 2 nitrogen and oxygen atoms in total. The molecule has 0 aliphatic rings. The molecule has 2 aromatic rings. The van der Waals surface area contributed by atoms with Crippen LogP contribution in [-0.2, 0) is 6.54 Å². The van der Waals surface area contributed by atoms with Crippen LogP contribution >= 0.6 is 11.6 Å². The summed E-state index contributed by atoms with van der Waals surface area (Å²) in [6, 6.07) is 9.96. The van der Waals surface area contributed by atoms with Crippen LogP contribution in [0.4, 0.5) is 5.69 Å². The van der Waals surface area contributed by atoms with Gasteiger partial charge in [-0.15, -0.1) is 0 Å². The van der Waals surface area contributed by atoms with Crippen LogP contribution in [0.3, 0.4) is 0 Å². The van der Waals surface area contributed by atoms with Crippen molar-refractivity contribution in [2.45, 2.75) is 13.5 Å². The number of pyridine rings is 1. The van der Waals surface area contributed by atoms with E-state index in [-0.39, 0.29) is 0 Å². The highest BCUT2D eigenvalue weighted by molar-refractivity contribution is 6.33. The predicted octanol–water partition coefficient (Wildman–Crippen LogP) is 3.66. The summed E-state index contributed by atoms with van der Waals surface area (Å²) < 4.78 is 0. The molecule has 16 heavy (non-hydrogen) atoms. The number of nitrogens with one attached hydrogen (secondary N) is 1. The van der Waals surface area contributed by atoms with Crippen LogP contribution in [0, 0.1) is 6.92 Å². The Hall–Kier alpha value is -1.54. The zero-order chi connectivity index (χ0) is 11.4. The first kappa shape index (κ1) is 11.0. The molecule has 1 heterocycles. The highest BCUT2D eigenvalue weighted by atomic mass is 35.5. The summed E-state index contributed by atoms with van der Waals surface area (Å²) in [7, 11) is 0. The highest BCUT2D eigenvalue weighted by Crippen LogP contribution is 2.23. The molecular weight excluding hydrogens is 220 g/mol. The van der Waals surface area contributed by atoms with Gasteiger partial charge in [0.2, 0.25) is 0 Å². The minimum Gasteiger partial charge on any atom is -0.380 e. The molecule has 1 N–H and O–H groups in total. The Morgan fingerprint density at radius 3 is 2.62 bits per heavy atom. The number of aryl methyl sites for hydroxylation is 1. The van der Waals surface area contributed by atoms with Gasteiger partial charge in [-0.3, -0.25) is 4.98 Å². The van der Waals surface area contributed by atoms with Gasteiger partial charge >= 0.3 is 0 Å². The predicted molar refractivity (Wildman–Crippen MR) is 67.8 cm³/mol. The van der Waals surface area contributed by atoms with E-state index in [1.54, 1.807) is 12.4 Å². The van der Waals surface area contributed by atoms with E-state index in [0.29, 0.717) is 0 Å². The molecule has 0 spiro atoms. The maximum absolute atomic E-state index is 6.12. The molecule has 0 saturated heterocycles.